The third-order valence-electron chi connectivity index (χ3n) is 3.14. The van der Waals surface area contributed by atoms with Crippen molar-refractivity contribution in [3.63, 3.8) is 0 Å². The zero-order chi connectivity index (χ0) is 12.3. The van der Waals surface area contributed by atoms with Crippen LogP contribution in [0.2, 0.25) is 0 Å². The van der Waals surface area contributed by atoms with E-state index in [1.807, 2.05) is 0 Å². The molecule has 6 nitrogen and oxygen atoms in total. The molecule has 2 rings (SSSR count). The molecule has 0 saturated carbocycles. The first-order valence-corrected chi connectivity index (χ1v) is 7.43. The fourth-order valence-corrected chi connectivity index (χ4v) is 3.23. The Kier molecular flexibility index (Phi) is 6.62. The van der Waals surface area contributed by atoms with E-state index in [4.69, 9.17) is 9.47 Å². The molecule has 2 atom stereocenters. The van der Waals surface area contributed by atoms with Crippen molar-refractivity contribution in [2.75, 3.05) is 13.2 Å². The maximum absolute atomic E-state index is 11.3. The van der Waals surface area contributed by atoms with E-state index in [0.717, 1.165) is 30.0 Å². The topological polar surface area (TPSA) is 78.9 Å². The van der Waals surface area contributed by atoms with E-state index in [1.165, 1.54) is 0 Å². The Labute approximate surface area is 120 Å². The second-order valence-electron chi connectivity index (χ2n) is 4.43. The summed E-state index contributed by atoms with van der Waals surface area (Å²) in [5.74, 6) is 0. The van der Waals surface area contributed by atoms with Gasteiger partial charge in [-0.1, -0.05) is 0 Å². The molecule has 0 spiro atoms. The Hall–Kier alpha value is 0.387. The molecule has 0 bridgehead atoms. The SMILES string of the molecule is O=S(=O)([O-])N(C1CCCCO1)C1CCCCO1.[Li+]. The van der Waals surface area contributed by atoms with E-state index in [2.05, 4.69) is 0 Å². The normalized spacial score (nSPS) is 29.9. The van der Waals surface area contributed by atoms with Crippen LogP contribution in [0, 0.1) is 0 Å². The van der Waals surface area contributed by atoms with Crippen LogP contribution in [0.1, 0.15) is 38.5 Å². The molecule has 0 aromatic carbocycles. The monoisotopic (exact) mass is 271 g/mol. The average Bonchev–Trinajstić information content (AvgIpc) is 2.30. The van der Waals surface area contributed by atoms with Crippen molar-refractivity contribution in [3.05, 3.63) is 0 Å². The Bertz CT molecular complexity index is 320. The van der Waals surface area contributed by atoms with Gasteiger partial charge in [0.2, 0.25) is 0 Å². The molecule has 2 unspecified atom stereocenters. The summed E-state index contributed by atoms with van der Waals surface area (Å²) >= 11 is 0. The first-order chi connectivity index (χ1) is 8.09. The number of nitrogens with zero attached hydrogens (tertiary/aromatic N) is 1. The zero-order valence-corrected chi connectivity index (χ0v) is 11.5. The van der Waals surface area contributed by atoms with Gasteiger partial charge in [-0.25, -0.2) is 8.42 Å². The predicted octanol–water partition coefficient (Wildman–Crippen LogP) is -2.19. The number of ether oxygens (including phenoxy) is 2. The molecule has 2 fully saturated rings. The molecule has 0 N–H and O–H groups in total. The standard InChI is InChI=1S/C10H19NO5S.Li/c12-17(13,14)11(9-5-1-3-7-15-9)10-6-2-4-8-16-10;/h9-10H,1-8H2,(H,12,13,14);/q;+1/p-1. The summed E-state index contributed by atoms with van der Waals surface area (Å²) in [6.45, 7) is 1.01. The maximum Gasteiger partial charge on any atom is 1.00 e. The van der Waals surface area contributed by atoms with Gasteiger partial charge in [0.1, 0.15) is 12.5 Å². The van der Waals surface area contributed by atoms with E-state index in [-0.39, 0.29) is 18.9 Å². The number of hydrogen-bond donors (Lipinski definition) is 0. The van der Waals surface area contributed by atoms with Crippen molar-refractivity contribution >= 4 is 10.3 Å². The minimum absolute atomic E-state index is 0. The molecule has 0 aromatic rings. The first kappa shape index (κ1) is 16.4. The summed E-state index contributed by atoms with van der Waals surface area (Å²) in [4.78, 5) is 0. The molecule has 2 saturated heterocycles. The molecule has 100 valence electrons. The van der Waals surface area contributed by atoms with E-state index in [0.29, 0.717) is 26.1 Å². The van der Waals surface area contributed by atoms with Gasteiger partial charge in [-0.3, -0.25) is 0 Å². The number of hydrogen-bond acceptors (Lipinski definition) is 5. The second kappa shape index (κ2) is 7.24. The summed E-state index contributed by atoms with van der Waals surface area (Å²) < 4.78 is 45.7. The van der Waals surface area contributed by atoms with Crippen LogP contribution in [0.15, 0.2) is 0 Å². The Balaban J connectivity index is 0.00000162. The molecule has 18 heavy (non-hydrogen) atoms. The number of rotatable bonds is 3. The van der Waals surface area contributed by atoms with Crippen LogP contribution in [-0.4, -0.2) is 42.9 Å². The summed E-state index contributed by atoms with van der Waals surface area (Å²) in [5, 5.41) is 0. The Morgan fingerprint density at radius 1 is 0.944 bits per heavy atom. The minimum atomic E-state index is -4.53. The fraction of sp³-hybridized carbons (Fsp3) is 1.00. The smallest absolute Gasteiger partial charge is 0.735 e. The summed E-state index contributed by atoms with van der Waals surface area (Å²) in [6, 6.07) is 0. The van der Waals surface area contributed by atoms with Gasteiger partial charge >= 0.3 is 18.9 Å². The van der Waals surface area contributed by atoms with Crippen LogP contribution in [0.5, 0.6) is 0 Å². The van der Waals surface area contributed by atoms with Crippen molar-refractivity contribution < 1.29 is 41.3 Å². The minimum Gasteiger partial charge on any atom is -0.735 e. The first-order valence-electron chi connectivity index (χ1n) is 6.06. The maximum atomic E-state index is 11.3. The molecule has 0 amide bonds. The van der Waals surface area contributed by atoms with Gasteiger partial charge in [0.25, 0.3) is 0 Å². The van der Waals surface area contributed by atoms with Crippen LogP contribution >= 0.6 is 0 Å². The quantitative estimate of drug-likeness (QED) is 0.430. The van der Waals surface area contributed by atoms with Crippen molar-refractivity contribution in [3.8, 4) is 0 Å². The molecule has 2 aliphatic heterocycles. The largest absolute Gasteiger partial charge is 1.00 e. The van der Waals surface area contributed by atoms with Gasteiger partial charge < -0.3 is 14.0 Å². The van der Waals surface area contributed by atoms with E-state index in [9.17, 15) is 13.0 Å². The molecule has 0 aliphatic carbocycles. The van der Waals surface area contributed by atoms with Crippen LogP contribution in [0.3, 0.4) is 0 Å². The van der Waals surface area contributed by atoms with Gasteiger partial charge in [-0.2, -0.15) is 4.31 Å². The fourth-order valence-electron chi connectivity index (χ4n) is 2.32. The van der Waals surface area contributed by atoms with Gasteiger partial charge in [-0.15, -0.1) is 0 Å². The molecule has 2 heterocycles. The van der Waals surface area contributed by atoms with E-state index < -0.39 is 22.8 Å². The van der Waals surface area contributed by atoms with Gasteiger partial charge in [0.15, 0.2) is 10.3 Å². The van der Waals surface area contributed by atoms with E-state index >= 15 is 0 Å². The van der Waals surface area contributed by atoms with Crippen LogP contribution in [0.4, 0.5) is 0 Å². The van der Waals surface area contributed by atoms with Gasteiger partial charge in [0.05, 0.1) is 0 Å². The van der Waals surface area contributed by atoms with Crippen LogP contribution in [0.25, 0.3) is 0 Å². The van der Waals surface area contributed by atoms with Crippen molar-refractivity contribution in [2.24, 2.45) is 0 Å². The van der Waals surface area contributed by atoms with Crippen molar-refractivity contribution in [2.45, 2.75) is 51.0 Å². The van der Waals surface area contributed by atoms with E-state index in [1.54, 1.807) is 0 Å². The summed E-state index contributed by atoms with van der Waals surface area (Å²) in [5.41, 5.74) is 0. The van der Waals surface area contributed by atoms with Crippen LogP contribution in [-0.2, 0) is 19.8 Å². The average molecular weight is 271 g/mol. The summed E-state index contributed by atoms with van der Waals surface area (Å²) in [6.07, 6.45) is 3.43. The zero-order valence-electron chi connectivity index (χ0n) is 10.7. The Morgan fingerprint density at radius 3 is 1.67 bits per heavy atom. The molecular formula is C10H18LiNO5S. The molecule has 8 heteroatoms. The third kappa shape index (κ3) is 4.20. The summed E-state index contributed by atoms with van der Waals surface area (Å²) in [7, 11) is -4.53. The van der Waals surface area contributed by atoms with Crippen molar-refractivity contribution in [1.82, 2.24) is 4.31 Å². The molecule has 0 aromatic heterocycles. The predicted molar refractivity (Wildman–Crippen MR) is 58.7 cm³/mol. The van der Waals surface area contributed by atoms with Crippen LogP contribution < -0.4 is 18.9 Å². The van der Waals surface area contributed by atoms with Gasteiger partial charge in [0, 0.05) is 13.2 Å². The van der Waals surface area contributed by atoms with Crippen molar-refractivity contribution in [1.29, 1.82) is 0 Å². The molecular weight excluding hydrogens is 253 g/mol. The second-order valence-corrected chi connectivity index (χ2v) is 5.71. The molecule has 2 aliphatic rings. The van der Waals surface area contributed by atoms with Gasteiger partial charge in [-0.05, 0) is 38.5 Å². The third-order valence-corrected chi connectivity index (χ3v) is 4.12. The Morgan fingerprint density at radius 2 is 1.39 bits per heavy atom. The molecule has 0 radical (unpaired) electrons.